The Morgan fingerprint density at radius 3 is 2.33 bits per heavy atom. The quantitative estimate of drug-likeness (QED) is 0.342. The third-order valence-electron chi connectivity index (χ3n) is 1.66. The molecule has 0 saturated heterocycles. The maximum absolute atomic E-state index is 10.8. The SMILES string of the molecule is Cc1ccc([N+](=O)[O-])cc1S(=O)(=O)O.[LiH]. The van der Waals surface area contributed by atoms with Crippen molar-refractivity contribution in [3.63, 3.8) is 0 Å². The van der Waals surface area contributed by atoms with Gasteiger partial charge in [-0.1, -0.05) is 6.07 Å². The van der Waals surface area contributed by atoms with Crippen molar-refractivity contribution in [1.82, 2.24) is 0 Å². The van der Waals surface area contributed by atoms with Gasteiger partial charge in [0.05, 0.1) is 4.92 Å². The summed E-state index contributed by atoms with van der Waals surface area (Å²) in [6.07, 6.45) is 0. The predicted molar refractivity (Wildman–Crippen MR) is 54.8 cm³/mol. The van der Waals surface area contributed by atoms with Crippen LogP contribution >= 0.6 is 0 Å². The molecule has 0 amide bonds. The number of hydrogen-bond acceptors (Lipinski definition) is 4. The molecule has 15 heavy (non-hydrogen) atoms. The van der Waals surface area contributed by atoms with Crippen LogP contribution in [0.2, 0.25) is 0 Å². The summed E-state index contributed by atoms with van der Waals surface area (Å²) in [6, 6.07) is 3.26. The van der Waals surface area contributed by atoms with Crippen LogP contribution in [0.1, 0.15) is 5.56 Å². The zero-order chi connectivity index (χ0) is 10.9. The first-order valence-electron chi connectivity index (χ1n) is 3.55. The zero-order valence-corrected chi connectivity index (χ0v) is 7.98. The number of rotatable bonds is 2. The number of nitrogens with zero attached hydrogens (tertiary/aromatic N) is 1. The van der Waals surface area contributed by atoms with Crippen molar-refractivity contribution in [1.29, 1.82) is 0 Å². The molecule has 1 aromatic carbocycles. The fourth-order valence-corrected chi connectivity index (χ4v) is 1.72. The van der Waals surface area contributed by atoms with E-state index in [1.165, 1.54) is 19.1 Å². The molecule has 0 fully saturated rings. The van der Waals surface area contributed by atoms with Crippen LogP contribution in [0.4, 0.5) is 5.69 Å². The Morgan fingerprint density at radius 1 is 1.40 bits per heavy atom. The molecule has 0 saturated carbocycles. The summed E-state index contributed by atoms with van der Waals surface area (Å²) < 4.78 is 30.2. The summed E-state index contributed by atoms with van der Waals surface area (Å²) in [6.45, 7) is 1.44. The van der Waals surface area contributed by atoms with E-state index < -0.39 is 19.9 Å². The fraction of sp³-hybridized carbons (Fsp3) is 0.143. The van der Waals surface area contributed by atoms with Gasteiger partial charge in [-0.2, -0.15) is 8.42 Å². The van der Waals surface area contributed by atoms with Crippen LogP contribution < -0.4 is 0 Å². The Bertz CT molecular complexity index is 484. The topological polar surface area (TPSA) is 97.5 Å². The molecule has 0 atom stereocenters. The number of benzene rings is 1. The van der Waals surface area contributed by atoms with Crippen LogP contribution in [0.15, 0.2) is 23.1 Å². The van der Waals surface area contributed by atoms with E-state index in [2.05, 4.69) is 0 Å². The summed E-state index contributed by atoms with van der Waals surface area (Å²) >= 11 is 0. The van der Waals surface area contributed by atoms with Crippen LogP contribution in [0.5, 0.6) is 0 Å². The molecule has 0 radical (unpaired) electrons. The van der Waals surface area contributed by atoms with Gasteiger partial charge in [-0.15, -0.1) is 0 Å². The summed E-state index contributed by atoms with van der Waals surface area (Å²) in [5.74, 6) is 0. The van der Waals surface area contributed by atoms with Crippen LogP contribution in [0.25, 0.3) is 0 Å². The number of hydrogen-bond donors (Lipinski definition) is 1. The normalized spacial score (nSPS) is 10.5. The van der Waals surface area contributed by atoms with Gasteiger partial charge in [-0.05, 0) is 12.5 Å². The third-order valence-corrected chi connectivity index (χ3v) is 2.66. The van der Waals surface area contributed by atoms with Crippen LogP contribution in [-0.4, -0.2) is 36.8 Å². The number of aryl methyl sites for hydroxylation is 1. The molecule has 1 N–H and O–H groups in total. The van der Waals surface area contributed by atoms with E-state index in [0.29, 0.717) is 0 Å². The predicted octanol–water partition coefficient (Wildman–Crippen LogP) is 0.501. The van der Waals surface area contributed by atoms with Gasteiger partial charge in [-0.25, -0.2) is 0 Å². The molecule has 78 valence electrons. The van der Waals surface area contributed by atoms with E-state index in [9.17, 15) is 18.5 Å². The number of non-ortho nitro benzene ring substituents is 1. The number of nitro groups is 1. The summed E-state index contributed by atoms with van der Waals surface area (Å²) in [5, 5.41) is 10.3. The second-order valence-electron chi connectivity index (χ2n) is 2.68. The minimum atomic E-state index is -4.39. The molecule has 0 spiro atoms. The Labute approximate surface area is 98.4 Å². The van der Waals surface area contributed by atoms with Crippen LogP contribution in [-0.2, 0) is 10.1 Å². The molecule has 0 heterocycles. The Kier molecular flexibility index (Phi) is 4.49. The molecular weight excluding hydrogens is 217 g/mol. The standard InChI is InChI=1S/C7H7NO5S.Li.H/c1-5-2-3-6(8(9)10)4-7(5)14(11,12)13;;/h2-4H,1H3,(H,11,12,13);;. The van der Waals surface area contributed by atoms with Gasteiger partial charge in [0.15, 0.2) is 0 Å². The fourth-order valence-electron chi connectivity index (χ4n) is 0.980. The summed E-state index contributed by atoms with van der Waals surface area (Å²) in [5.41, 5.74) is -0.110. The first-order valence-corrected chi connectivity index (χ1v) is 4.99. The van der Waals surface area contributed by atoms with E-state index in [1.807, 2.05) is 0 Å². The average Bonchev–Trinajstić information content (AvgIpc) is 2.02. The monoisotopic (exact) mass is 225 g/mol. The van der Waals surface area contributed by atoms with Crippen molar-refractivity contribution in [3.05, 3.63) is 33.9 Å². The van der Waals surface area contributed by atoms with Gasteiger partial charge in [0.2, 0.25) is 0 Å². The Hall–Kier alpha value is -0.873. The van der Waals surface area contributed by atoms with E-state index in [0.717, 1.165) is 6.07 Å². The van der Waals surface area contributed by atoms with Crippen LogP contribution in [0, 0.1) is 17.0 Å². The molecule has 0 aliphatic carbocycles. The van der Waals surface area contributed by atoms with E-state index >= 15 is 0 Å². The Morgan fingerprint density at radius 2 is 1.93 bits per heavy atom. The average molecular weight is 225 g/mol. The molecule has 0 aliphatic rings. The Balaban J connectivity index is 0.00000196. The van der Waals surface area contributed by atoms with Crippen molar-refractivity contribution in [2.24, 2.45) is 0 Å². The van der Waals surface area contributed by atoms with Crippen molar-refractivity contribution >= 4 is 34.7 Å². The van der Waals surface area contributed by atoms with E-state index in [1.54, 1.807) is 0 Å². The van der Waals surface area contributed by atoms with Crippen LogP contribution in [0.3, 0.4) is 0 Å². The molecule has 0 aliphatic heterocycles. The van der Waals surface area contributed by atoms with E-state index in [4.69, 9.17) is 4.55 Å². The molecule has 1 rings (SSSR count). The molecule has 0 bridgehead atoms. The first-order chi connectivity index (χ1) is 6.32. The minimum absolute atomic E-state index is 0. The van der Waals surface area contributed by atoms with Crippen molar-refractivity contribution in [3.8, 4) is 0 Å². The molecule has 6 nitrogen and oxygen atoms in total. The van der Waals surface area contributed by atoms with Crippen molar-refractivity contribution < 1.29 is 17.9 Å². The van der Waals surface area contributed by atoms with Gasteiger partial charge in [-0.3, -0.25) is 14.7 Å². The van der Waals surface area contributed by atoms with Gasteiger partial charge in [0.1, 0.15) is 4.90 Å². The van der Waals surface area contributed by atoms with Gasteiger partial charge >= 0.3 is 18.9 Å². The molecular formula is C7H8LiNO5S. The van der Waals surface area contributed by atoms with Gasteiger partial charge in [0.25, 0.3) is 15.8 Å². The molecule has 0 aromatic heterocycles. The number of nitro benzene ring substituents is 1. The maximum atomic E-state index is 10.8. The molecule has 8 heteroatoms. The van der Waals surface area contributed by atoms with Gasteiger partial charge < -0.3 is 0 Å². The second-order valence-corrected chi connectivity index (χ2v) is 4.07. The summed E-state index contributed by atoms with van der Waals surface area (Å²) in [4.78, 5) is 9.15. The summed E-state index contributed by atoms with van der Waals surface area (Å²) in [7, 11) is -4.39. The second kappa shape index (κ2) is 4.77. The van der Waals surface area contributed by atoms with E-state index in [-0.39, 0.29) is 30.1 Å². The molecule has 1 aromatic rings. The molecule has 0 unspecified atom stereocenters. The third kappa shape index (κ3) is 3.32. The van der Waals surface area contributed by atoms with Crippen molar-refractivity contribution in [2.45, 2.75) is 11.8 Å². The van der Waals surface area contributed by atoms with Gasteiger partial charge in [0, 0.05) is 12.1 Å². The van der Waals surface area contributed by atoms with Crippen molar-refractivity contribution in [2.75, 3.05) is 0 Å². The first kappa shape index (κ1) is 14.1. The zero-order valence-electron chi connectivity index (χ0n) is 7.17.